The number of carbonyl (C=O) groups excluding carboxylic acids is 1. The Morgan fingerprint density at radius 2 is 1.59 bits per heavy atom. The van der Waals surface area contributed by atoms with Gasteiger partial charge in [0.15, 0.2) is 5.65 Å². The second-order valence-electron chi connectivity index (χ2n) is 17.7. The first-order valence-corrected chi connectivity index (χ1v) is 25.9. The number of aliphatic hydroxyl groups is 2. The molecule has 14 heteroatoms. The summed E-state index contributed by atoms with van der Waals surface area (Å²) in [5, 5.41) is 24.4. The van der Waals surface area contributed by atoms with Crippen molar-refractivity contribution in [2.24, 2.45) is 0 Å². The average Bonchev–Trinajstić information content (AvgIpc) is 3.59. The van der Waals surface area contributed by atoms with Gasteiger partial charge in [-0.3, -0.25) is 4.98 Å². The van der Waals surface area contributed by atoms with E-state index in [1.54, 1.807) is 18.5 Å². The Morgan fingerprint density at radius 3 is 2.10 bits per heavy atom. The highest BCUT2D eigenvalue weighted by atomic mass is 28.3. The molecule has 3 aromatic rings. The number of aliphatic hydroxyl groups excluding tert-OH is 2. The van der Waals surface area contributed by atoms with Crippen molar-refractivity contribution < 1.29 is 29.2 Å². The van der Waals surface area contributed by atoms with Gasteiger partial charge in [0, 0.05) is 76.4 Å². The molecule has 2 aliphatic heterocycles. The van der Waals surface area contributed by atoms with Crippen LogP contribution in [0.1, 0.15) is 69.9 Å². The number of fused-ring (bicyclic) bond motifs is 3. The van der Waals surface area contributed by atoms with E-state index in [2.05, 4.69) is 55.2 Å². The first kappa shape index (κ1) is 39.3. The monoisotopic (exact) mass is 740 g/mol. The standard InChI is InChI=1S/C37H60N6O6Si2/c1-37(2,3)49-36(46)42-28-11-12-29(42)19-27(18-28)32-20-34(41(24-47-14-16-50(4,5)6)25-48-15-17-51(7,8)9)43-35(40-32)30(22-39-43)26-10-13-31(38-21-26)33(45)23-44/h10,13,20-22,27-29,33,44-45H,11-12,14-19,23-25H2,1-9H3/t27?,28-,29+,33?. The van der Waals surface area contributed by atoms with Crippen LogP contribution in [-0.4, -0.2) is 108 Å². The van der Waals surface area contributed by atoms with E-state index < -0.39 is 34.5 Å². The van der Waals surface area contributed by atoms with Gasteiger partial charge in [0.2, 0.25) is 0 Å². The summed E-state index contributed by atoms with van der Waals surface area (Å²) in [4.78, 5) is 27.1. The Morgan fingerprint density at radius 1 is 0.980 bits per heavy atom. The molecule has 2 bridgehead atoms. The van der Waals surface area contributed by atoms with Gasteiger partial charge in [-0.1, -0.05) is 45.3 Å². The van der Waals surface area contributed by atoms with Crippen LogP contribution >= 0.6 is 0 Å². The molecular formula is C37H60N6O6Si2. The highest BCUT2D eigenvalue weighted by Gasteiger charge is 2.45. The minimum atomic E-state index is -1.29. The third-order valence-electron chi connectivity index (χ3n) is 9.65. The van der Waals surface area contributed by atoms with Crippen LogP contribution in [-0.2, 0) is 14.2 Å². The Bertz CT molecular complexity index is 1580. The lowest BCUT2D eigenvalue weighted by Crippen LogP contribution is -2.48. The summed E-state index contributed by atoms with van der Waals surface area (Å²) in [5.41, 5.74) is 3.11. The van der Waals surface area contributed by atoms with Crippen molar-refractivity contribution in [1.82, 2.24) is 24.5 Å². The van der Waals surface area contributed by atoms with Gasteiger partial charge in [-0.05, 0) is 64.6 Å². The Balaban J connectivity index is 1.52. The van der Waals surface area contributed by atoms with Crippen LogP contribution < -0.4 is 4.90 Å². The minimum Gasteiger partial charge on any atom is -0.444 e. The number of carbonyl (C=O) groups is 1. The molecule has 2 N–H and O–H groups in total. The molecule has 5 heterocycles. The number of anilines is 1. The lowest BCUT2D eigenvalue weighted by Gasteiger charge is -2.39. The van der Waals surface area contributed by atoms with E-state index in [1.165, 1.54) is 0 Å². The Labute approximate surface area is 305 Å². The summed E-state index contributed by atoms with van der Waals surface area (Å²) in [6, 6.07) is 8.05. The zero-order valence-corrected chi connectivity index (χ0v) is 34.2. The summed E-state index contributed by atoms with van der Waals surface area (Å²) >= 11 is 0. The van der Waals surface area contributed by atoms with Crippen LogP contribution in [0.2, 0.25) is 51.4 Å². The third kappa shape index (κ3) is 10.4. The van der Waals surface area contributed by atoms with Gasteiger partial charge in [0.1, 0.15) is 31.0 Å². The van der Waals surface area contributed by atoms with Crippen LogP contribution in [0.5, 0.6) is 0 Å². The van der Waals surface area contributed by atoms with Gasteiger partial charge in [-0.15, -0.1) is 0 Å². The Kier molecular flexibility index (Phi) is 12.3. The lowest BCUT2D eigenvalue weighted by atomic mass is 9.88. The smallest absolute Gasteiger partial charge is 0.410 e. The maximum absolute atomic E-state index is 13.3. The number of amides is 1. The average molecular weight is 741 g/mol. The summed E-state index contributed by atoms with van der Waals surface area (Å²) in [5.74, 6) is 0.972. The van der Waals surface area contributed by atoms with Crippen molar-refractivity contribution in [1.29, 1.82) is 0 Å². The number of piperidine rings is 1. The van der Waals surface area contributed by atoms with Gasteiger partial charge in [0.25, 0.3) is 0 Å². The zero-order chi connectivity index (χ0) is 37.1. The fourth-order valence-corrected chi connectivity index (χ4v) is 8.28. The molecule has 0 aliphatic carbocycles. The van der Waals surface area contributed by atoms with Gasteiger partial charge < -0.3 is 34.2 Å². The van der Waals surface area contributed by atoms with Crippen molar-refractivity contribution in [3.8, 4) is 11.1 Å². The Hall–Kier alpha value is -2.89. The van der Waals surface area contributed by atoms with Gasteiger partial charge in [-0.25, -0.2) is 9.78 Å². The molecule has 3 aromatic heterocycles. The van der Waals surface area contributed by atoms with Crippen LogP contribution in [0, 0.1) is 0 Å². The van der Waals surface area contributed by atoms with E-state index in [-0.39, 0.29) is 24.1 Å². The summed E-state index contributed by atoms with van der Waals surface area (Å²) in [6.45, 7) is 21.5. The van der Waals surface area contributed by atoms with Crippen molar-refractivity contribution in [3.05, 3.63) is 42.0 Å². The topological polar surface area (TPSA) is 135 Å². The molecule has 1 amide bonds. The molecule has 0 saturated carbocycles. The summed E-state index contributed by atoms with van der Waals surface area (Å²) in [6.07, 6.45) is 5.73. The number of nitrogens with zero attached hydrogens (tertiary/aromatic N) is 6. The van der Waals surface area contributed by atoms with Gasteiger partial charge in [0.05, 0.1) is 18.5 Å². The molecule has 0 radical (unpaired) electrons. The molecule has 282 valence electrons. The molecule has 0 spiro atoms. The van der Waals surface area contributed by atoms with Crippen molar-refractivity contribution in [2.45, 2.75) is 128 Å². The molecule has 51 heavy (non-hydrogen) atoms. The molecule has 2 saturated heterocycles. The van der Waals surface area contributed by atoms with E-state index in [0.717, 1.165) is 60.4 Å². The molecule has 4 atom stereocenters. The van der Waals surface area contributed by atoms with Crippen LogP contribution in [0.4, 0.5) is 10.6 Å². The SMILES string of the molecule is CC(C)(C)OC(=O)N1[C@@H]2CC[C@H]1CC(c1cc(N(COCC[Si](C)(C)C)COCC[Si](C)(C)C)n3ncc(-c4ccc(C(O)CO)nc4)c3n1)C2. The molecular weight excluding hydrogens is 681 g/mol. The predicted octanol–water partition coefficient (Wildman–Crippen LogP) is 6.89. The number of pyridine rings is 1. The van der Waals surface area contributed by atoms with Crippen molar-refractivity contribution in [2.75, 3.05) is 38.2 Å². The molecule has 12 nitrogen and oxygen atoms in total. The first-order chi connectivity index (χ1) is 23.9. The summed E-state index contributed by atoms with van der Waals surface area (Å²) < 4.78 is 20.4. The predicted molar refractivity (Wildman–Crippen MR) is 206 cm³/mol. The second kappa shape index (κ2) is 16.0. The van der Waals surface area contributed by atoms with E-state index >= 15 is 0 Å². The normalized spacial score (nSPS) is 20.2. The second-order valence-corrected chi connectivity index (χ2v) is 28.9. The highest BCUT2D eigenvalue weighted by Crippen LogP contribution is 2.44. The van der Waals surface area contributed by atoms with Crippen LogP contribution in [0.3, 0.4) is 0 Å². The van der Waals surface area contributed by atoms with Gasteiger partial charge >= 0.3 is 6.09 Å². The largest absolute Gasteiger partial charge is 0.444 e. The lowest BCUT2D eigenvalue weighted by molar-refractivity contribution is 0.00568. The fraction of sp³-hybridized carbons (Fsp3) is 0.676. The first-order valence-electron chi connectivity index (χ1n) is 18.5. The quantitative estimate of drug-likeness (QED) is 0.0964. The van der Waals surface area contributed by atoms with Gasteiger partial charge in [-0.2, -0.15) is 9.61 Å². The van der Waals surface area contributed by atoms with E-state index in [4.69, 9.17) is 24.3 Å². The van der Waals surface area contributed by atoms with Crippen LogP contribution in [0.15, 0.2) is 30.6 Å². The maximum Gasteiger partial charge on any atom is 0.410 e. The number of aromatic nitrogens is 4. The molecule has 2 fully saturated rings. The van der Waals surface area contributed by atoms with Crippen molar-refractivity contribution in [3.63, 3.8) is 0 Å². The molecule has 2 unspecified atom stereocenters. The molecule has 0 aromatic carbocycles. The van der Waals surface area contributed by atoms with E-state index in [0.29, 0.717) is 38.0 Å². The minimum absolute atomic E-state index is 0.0926. The molecule has 5 rings (SSSR count). The van der Waals surface area contributed by atoms with Crippen LogP contribution in [0.25, 0.3) is 16.8 Å². The zero-order valence-electron chi connectivity index (χ0n) is 32.2. The maximum atomic E-state index is 13.3. The third-order valence-corrected chi connectivity index (χ3v) is 13.1. The number of rotatable bonds is 15. The van der Waals surface area contributed by atoms with Crippen molar-refractivity contribution >= 4 is 33.7 Å². The summed E-state index contributed by atoms with van der Waals surface area (Å²) in [7, 11) is -2.58. The molecule has 2 aliphatic rings. The highest BCUT2D eigenvalue weighted by molar-refractivity contribution is 6.76. The number of hydrogen-bond acceptors (Lipinski definition) is 10. The fourth-order valence-electron chi connectivity index (χ4n) is 6.77. The number of hydrogen-bond donors (Lipinski definition) is 2. The van der Waals surface area contributed by atoms with E-state index in [9.17, 15) is 15.0 Å². The number of ether oxygens (including phenoxy) is 3. The van der Waals surface area contributed by atoms with E-state index in [1.807, 2.05) is 36.3 Å².